The van der Waals surface area contributed by atoms with Crippen LogP contribution in [0, 0.1) is 5.41 Å². The predicted molar refractivity (Wildman–Crippen MR) is 96.4 cm³/mol. The summed E-state index contributed by atoms with van der Waals surface area (Å²) in [5.41, 5.74) is -0.0951. The molecular formula is C14H16BrN3O3S2. The number of hydrogen-bond donors (Lipinski definition) is 2. The summed E-state index contributed by atoms with van der Waals surface area (Å²) in [5.74, 6) is 0.567. The first-order valence-electron chi connectivity index (χ1n) is 7.11. The molecule has 2 aromatic rings. The fourth-order valence-electron chi connectivity index (χ4n) is 2.64. The van der Waals surface area contributed by atoms with Gasteiger partial charge in [0.2, 0.25) is 0 Å². The van der Waals surface area contributed by atoms with Crippen molar-refractivity contribution >= 4 is 53.0 Å². The highest BCUT2D eigenvalue weighted by molar-refractivity contribution is 9.10. The van der Waals surface area contributed by atoms with E-state index in [-0.39, 0.29) is 28.9 Å². The van der Waals surface area contributed by atoms with E-state index in [1.54, 1.807) is 19.3 Å². The first-order chi connectivity index (χ1) is 10.8. The molecule has 6 nitrogen and oxygen atoms in total. The molecule has 0 aromatic carbocycles. The molecule has 1 saturated heterocycles. The molecule has 0 bridgehead atoms. The standard InChI is InChI=1S/C14H16BrN3O3S2/c1-18-7-10(15)12-9(14(18)19)6-11(22-12)13(16)17-8-2-4-23(20,21)5-3-8/h6-8H,2-5H2,1H3,(H2,16,17). The van der Waals surface area contributed by atoms with Crippen molar-refractivity contribution in [2.75, 3.05) is 11.5 Å². The van der Waals surface area contributed by atoms with Crippen molar-refractivity contribution in [1.82, 2.24) is 9.88 Å². The van der Waals surface area contributed by atoms with E-state index in [0.29, 0.717) is 23.1 Å². The highest BCUT2D eigenvalue weighted by atomic mass is 79.9. The molecule has 2 aromatic heterocycles. The predicted octanol–water partition coefficient (Wildman–Crippen LogP) is 1.85. The Bertz CT molecular complexity index is 932. The largest absolute Gasteiger partial charge is 0.367 e. The van der Waals surface area contributed by atoms with Crippen LogP contribution in [0.2, 0.25) is 0 Å². The quantitative estimate of drug-likeness (QED) is 0.575. The molecule has 124 valence electrons. The molecule has 0 atom stereocenters. The normalized spacial score (nSPS) is 18.2. The Hall–Kier alpha value is -1.19. The number of hydrogen-bond acceptors (Lipinski definition) is 5. The minimum atomic E-state index is -2.91. The van der Waals surface area contributed by atoms with E-state index < -0.39 is 9.84 Å². The number of halogens is 1. The third-order valence-corrected chi connectivity index (χ3v) is 7.72. The van der Waals surface area contributed by atoms with Gasteiger partial charge in [-0.15, -0.1) is 11.3 Å². The maximum Gasteiger partial charge on any atom is 0.259 e. The number of aryl methyl sites for hydroxylation is 1. The van der Waals surface area contributed by atoms with Crippen LogP contribution in [-0.2, 0) is 16.9 Å². The van der Waals surface area contributed by atoms with Crippen LogP contribution in [0.1, 0.15) is 17.7 Å². The summed E-state index contributed by atoms with van der Waals surface area (Å²) in [7, 11) is -1.22. The fourth-order valence-corrected chi connectivity index (χ4v) is 5.86. The summed E-state index contributed by atoms with van der Waals surface area (Å²) >= 11 is 4.83. The number of sulfone groups is 1. The molecule has 1 aliphatic heterocycles. The molecule has 3 heterocycles. The smallest absolute Gasteiger partial charge is 0.259 e. The van der Waals surface area contributed by atoms with Crippen molar-refractivity contribution < 1.29 is 8.42 Å². The maximum absolute atomic E-state index is 12.2. The molecule has 0 amide bonds. The van der Waals surface area contributed by atoms with Gasteiger partial charge in [-0.25, -0.2) is 8.42 Å². The highest BCUT2D eigenvalue weighted by Gasteiger charge is 2.24. The Labute approximate surface area is 146 Å². The van der Waals surface area contributed by atoms with Crippen LogP contribution in [0.25, 0.3) is 10.1 Å². The monoisotopic (exact) mass is 417 g/mol. The minimum absolute atomic E-state index is 0.0116. The molecule has 2 N–H and O–H groups in total. The third kappa shape index (κ3) is 3.36. The van der Waals surface area contributed by atoms with Crippen molar-refractivity contribution in [3.8, 4) is 0 Å². The van der Waals surface area contributed by atoms with Crippen LogP contribution in [0.4, 0.5) is 0 Å². The van der Waals surface area contributed by atoms with Gasteiger partial charge in [-0.2, -0.15) is 0 Å². The summed E-state index contributed by atoms with van der Waals surface area (Å²) in [6, 6.07) is 1.71. The third-order valence-electron chi connectivity index (χ3n) is 3.96. The first-order valence-corrected chi connectivity index (χ1v) is 10.5. The van der Waals surface area contributed by atoms with Gasteiger partial charge in [0.25, 0.3) is 5.56 Å². The van der Waals surface area contributed by atoms with E-state index in [9.17, 15) is 13.2 Å². The molecule has 9 heteroatoms. The van der Waals surface area contributed by atoms with Gasteiger partial charge in [-0.3, -0.25) is 10.2 Å². The molecule has 0 unspecified atom stereocenters. The van der Waals surface area contributed by atoms with Crippen molar-refractivity contribution in [2.24, 2.45) is 7.05 Å². The van der Waals surface area contributed by atoms with Gasteiger partial charge in [0, 0.05) is 19.3 Å². The number of nitrogens with one attached hydrogen (secondary N) is 2. The lowest BCUT2D eigenvalue weighted by Crippen LogP contribution is -2.40. The van der Waals surface area contributed by atoms with Gasteiger partial charge in [0.1, 0.15) is 15.7 Å². The summed E-state index contributed by atoms with van der Waals surface area (Å²) in [5, 5.41) is 11.9. The fraction of sp³-hybridized carbons (Fsp3) is 0.429. The van der Waals surface area contributed by atoms with E-state index in [1.807, 2.05) is 0 Å². The van der Waals surface area contributed by atoms with E-state index in [2.05, 4.69) is 21.2 Å². The van der Waals surface area contributed by atoms with Crippen LogP contribution in [0.15, 0.2) is 21.5 Å². The van der Waals surface area contributed by atoms with Crippen LogP contribution in [0.3, 0.4) is 0 Å². The van der Waals surface area contributed by atoms with Gasteiger partial charge >= 0.3 is 0 Å². The molecule has 0 aliphatic carbocycles. The molecule has 1 aliphatic rings. The van der Waals surface area contributed by atoms with E-state index in [4.69, 9.17) is 5.41 Å². The number of rotatable bonds is 2. The molecule has 1 fully saturated rings. The van der Waals surface area contributed by atoms with Gasteiger partial charge in [0.05, 0.1) is 30.9 Å². The van der Waals surface area contributed by atoms with Crippen molar-refractivity contribution in [3.63, 3.8) is 0 Å². The maximum atomic E-state index is 12.2. The molecule has 0 saturated carbocycles. The Morgan fingerprint density at radius 2 is 2.09 bits per heavy atom. The number of thiophene rings is 1. The zero-order valence-corrected chi connectivity index (χ0v) is 15.6. The summed E-state index contributed by atoms with van der Waals surface area (Å²) in [4.78, 5) is 12.8. The lowest BCUT2D eigenvalue weighted by atomic mass is 10.1. The second-order valence-corrected chi connectivity index (χ2v) is 9.90. The summed E-state index contributed by atoms with van der Waals surface area (Å²) in [6.45, 7) is 0. The number of nitrogens with zero attached hydrogens (tertiary/aromatic N) is 1. The topological polar surface area (TPSA) is 92.0 Å². The van der Waals surface area contributed by atoms with Gasteiger partial charge < -0.3 is 9.88 Å². The second kappa shape index (κ2) is 6.03. The lowest BCUT2D eigenvalue weighted by molar-refractivity contribution is 0.520. The number of pyridine rings is 1. The summed E-state index contributed by atoms with van der Waals surface area (Å²) in [6.07, 6.45) is 2.75. The number of aromatic nitrogens is 1. The van der Waals surface area contributed by atoms with Crippen LogP contribution >= 0.6 is 27.3 Å². The van der Waals surface area contributed by atoms with Gasteiger partial charge in [-0.1, -0.05) is 0 Å². The average Bonchev–Trinajstić information content (AvgIpc) is 2.93. The Kier molecular flexibility index (Phi) is 4.37. The molecule has 0 spiro atoms. The summed E-state index contributed by atoms with van der Waals surface area (Å²) < 4.78 is 26.1. The molecule has 0 radical (unpaired) electrons. The highest BCUT2D eigenvalue weighted by Crippen LogP contribution is 2.30. The van der Waals surface area contributed by atoms with Gasteiger partial charge in [-0.05, 0) is 34.8 Å². The Morgan fingerprint density at radius 1 is 1.43 bits per heavy atom. The molecular weight excluding hydrogens is 402 g/mol. The van der Waals surface area contributed by atoms with E-state index in [1.165, 1.54) is 15.9 Å². The SMILES string of the molecule is Cn1cc(Br)c2sc(C(=N)NC3CCS(=O)(=O)CC3)cc2c1=O. The molecule has 3 rings (SSSR count). The van der Waals surface area contributed by atoms with E-state index >= 15 is 0 Å². The second-order valence-electron chi connectivity index (χ2n) is 5.69. The van der Waals surface area contributed by atoms with Crippen molar-refractivity contribution in [1.29, 1.82) is 5.41 Å². The van der Waals surface area contributed by atoms with E-state index in [0.717, 1.165) is 9.17 Å². The Morgan fingerprint density at radius 3 is 2.74 bits per heavy atom. The first kappa shape index (κ1) is 16.7. The lowest BCUT2D eigenvalue weighted by Gasteiger charge is -2.23. The van der Waals surface area contributed by atoms with Crippen molar-refractivity contribution in [3.05, 3.63) is 32.0 Å². The molecule has 23 heavy (non-hydrogen) atoms. The average molecular weight is 418 g/mol. The van der Waals surface area contributed by atoms with Crippen LogP contribution < -0.4 is 10.9 Å². The Balaban J connectivity index is 1.83. The van der Waals surface area contributed by atoms with Crippen LogP contribution in [-0.4, -0.2) is 36.4 Å². The number of amidine groups is 1. The van der Waals surface area contributed by atoms with Crippen LogP contribution in [0.5, 0.6) is 0 Å². The number of fused-ring (bicyclic) bond motifs is 1. The minimum Gasteiger partial charge on any atom is -0.367 e. The van der Waals surface area contributed by atoms with Crippen molar-refractivity contribution in [2.45, 2.75) is 18.9 Å². The zero-order valence-electron chi connectivity index (χ0n) is 12.4. The van der Waals surface area contributed by atoms with Gasteiger partial charge in [0.15, 0.2) is 0 Å². The zero-order chi connectivity index (χ0) is 16.8.